The Bertz CT molecular complexity index is 237. The number of hydrogen-bond acceptors (Lipinski definition) is 4. The highest BCUT2D eigenvalue weighted by atomic mass is 16.7. The average molecular weight is 214 g/mol. The molecule has 0 unspecified atom stereocenters. The van der Waals surface area contributed by atoms with Crippen molar-refractivity contribution in [3.8, 4) is 0 Å². The third-order valence-electron chi connectivity index (χ3n) is 2.60. The Kier molecular flexibility index (Phi) is 4.29. The summed E-state index contributed by atoms with van der Waals surface area (Å²) in [6.45, 7) is 9.22. The smallest absolute Gasteiger partial charge is 0.335 e. The first-order chi connectivity index (χ1) is 7.09. The van der Waals surface area contributed by atoms with E-state index >= 15 is 0 Å². The molecule has 15 heavy (non-hydrogen) atoms. The van der Waals surface area contributed by atoms with Gasteiger partial charge >= 0.3 is 5.97 Å². The topological polar surface area (TPSA) is 44.8 Å². The molecular formula is C11H18O4. The molecule has 0 radical (unpaired) electrons. The third kappa shape index (κ3) is 3.32. The number of ether oxygens (including phenoxy) is 3. The minimum Gasteiger partial charge on any atom is -0.435 e. The van der Waals surface area contributed by atoms with Gasteiger partial charge in [-0.1, -0.05) is 13.5 Å². The van der Waals surface area contributed by atoms with E-state index in [0.29, 0.717) is 12.2 Å². The van der Waals surface area contributed by atoms with E-state index in [0.717, 1.165) is 19.6 Å². The lowest BCUT2D eigenvalue weighted by Gasteiger charge is -2.40. The Morgan fingerprint density at radius 3 is 2.60 bits per heavy atom. The predicted octanol–water partition coefficient (Wildman–Crippen LogP) is 1.51. The molecule has 0 atom stereocenters. The van der Waals surface area contributed by atoms with Gasteiger partial charge in [0.05, 0.1) is 19.8 Å². The Morgan fingerprint density at radius 2 is 2.20 bits per heavy atom. The fourth-order valence-corrected chi connectivity index (χ4v) is 1.26. The summed E-state index contributed by atoms with van der Waals surface area (Å²) in [5.41, 5.74) is 0.520. The molecule has 4 heteroatoms. The zero-order valence-electron chi connectivity index (χ0n) is 9.38. The molecule has 0 aliphatic carbocycles. The lowest BCUT2D eigenvalue weighted by Crippen LogP contribution is -2.45. The molecule has 0 bridgehead atoms. The predicted molar refractivity (Wildman–Crippen MR) is 55.3 cm³/mol. The molecule has 1 saturated heterocycles. The van der Waals surface area contributed by atoms with Gasteiger partial charge in [-0.2, -0.15) is 0 Å². The Balaban J connectivity index is 2.11. The molecule has 0 aromatic heterocycles. The zero-order valence-corrected chi connectivity index (χ0v) is 9.38. The van der Waals surface area contributed by atoms with Crippen LogP contribution in [0.15, 0.2) is 12.2 Å². The van der Waals surface area contributed by atoms with Gasteiger partial charge in [0.15, 0.2) is 6.79 Å². The highest BCUT2D eigenvalue weighted by Gasteiger charge is 2.37. The van der Waals surface area contributed by atoms with E-state index in [2.05, 4.69) is 13.5 Å². The molecule has 0 N–H and O–H groups in total. The van der Waals surface area contributed by atoms with Gasteiger partial charge in [0.25, 0.3) is 0 Å². The van der Waals surface area contributed by atoms with E-state index in [1.165, 1.54) is 0 Å². The quantitative estimate of drug-likeness (QED) is 0.291. The van der Waals surface area contributed by atoms with Gasteiger partial charge in [0.1, 0.15) is 0 Å². The summed E-state index contributed by atoms with van der Waals surface area (Å²) in [5, 5.41) is 0. The molecule has 1 aliphatic rings. The second kappa shape index (κ2) is 5.28. The Hall–Kier alpha value is -0.870. The van der Waals surface area contributed by atoms with Gasteiger partial charge in [0, 0.05) is 11.0 Å². The van der Waals surface area contributed by atoms with Crippen molar-refractivity contribution >= 4 is 5.97 Å². The standard InChI is InChI=1S/C11H18O4/c1-4-11(5-13-6-11)7-14-8-15-10(12)9(2)3/h2,4-8H2,1,3H3. The van der Waals surface area contributed by atoms with E-state index in [1.54, 1.807) is 6.92 Å². The van der Waals surface area contributed by atoms with E-state index < -0.39 is 5.97 Å². The van der Waals surface area contributed by atoms with Crippen LogP contribution < -0.4 is 0 Å². The third-order valence-corrected chi connectivity index (χ3v) is 2.60. The molecule has 4 nitrogen and oxygen atoms in total. The normalized spacial score (nSPS) is 18.0. The van der Waals surface area contributed by atoms with Crippen molar-refractivity contribution in [2.75, 3.05) is 26.6 Å². The van der Waals surface area contributed by atoms with E-state index in [4.69, 9.17) is 14.2 Å². The van der Waals surface area contributed by atoms with Gasteiger partial charge in [-0.15, -0.1) is 0 Å². The molecular weight excluding hydrogens is 196 g/mol. The van der Waals surface area contributed by atoms with Gasteiger partial charge in [-0.3, -0.25) is 0 Å². The first-order valence-corrected chi connectivity index (χ1v) is 5.08. The summed E-state index contributed by atoms with van der Waals surface area (Å²) in [5.74, 6) is -0.412. The fraction of sp³-hybridized carbons (Fsp3) is 0.727. The molecule has 0 amide bonds. The summed E-state index contributed by atoms with van der Waals surface area (Å²) in [7, 11) is 0. The zero-order chi connectivity index (χ0) is 11.3. The van der Waals surface area contributed by atoms with Crippen LogP contribution in [0.5, 0.6) is 0 Å². The van der Waals surface area contributed by atoms with Crippen molar-refractivity contribution in [2.24, 2.45) is 5.41 Å². The summed E-state index contributed by atoms with van der Waals surface area (Å²) in [4.78, 5) is 11.0. The molecule has 0 aromatic carbocycles. The number of esters is 1. The van der Waals surface area contributed by atoms with Crippen molar-refractivity contribution in [2.45, 2.75) is 20.3 Å². The van der Waals surface area contributed by atoms with Gasteiger partial charge in [-0.05, 0) is 13.3 Å². The van der Waals surface area contributed by atoms with Gasteiger partial charge < -0.3 is 14.2 Å². The van der Waals surface area contributed by atoms with Crippen molar-refractivity contribution in [1.29, 1.82) is 0 Å². The molecule has 1 aliphatic heterocycles. The van der Waals surface area contributed by atoms with Crippen molar-refractivity contribution in [1.82, 2.24) is 0 Å². The van der Waals surface area contributed by atoms with Crippen LogP contribution in [0.3, 0.4) is 0 Å². The highest BCUT2D eigenvalue weighted by Crippen LogP contribution is 2.31. The second-order valence-electron chi connectivity index (χ2n) is 4.02. The van der Waals surface area contributed by atoms with Crippen LogP contribution in [-0.2, 0) is 19.0 Å². The minimum atomic E-state index is -0.412. The van der Waals surface area contributed by atoms with Crippen LogP contribution in [0.1, 0.15) is 20.3 Å². The molecule has 1 fully saturated rings. The Labute approximate surface area is 90.2 Å². The summed E-state index contributed by atoms with van der Waals surface area (Å²) in [6.07, 6.45) is 1.02. The van der Waals surface area contributed by atoms with Crippen LogP contribution in [-0.4, -0.2) is 32.6 Å². The molecule has 86 valence electrons. The van der Waals surface area contributed by atoms with Crippen LogP contribution >= 0.6 is 0 Å². The molecule has 0 aromatic rings. The van der Waals surface area contributed by atoms with Crippen molar-refractivity contribution in [3.05, 3.63) is 12.2 Å². The summed E-state index contributed by atoms with van der Waals surface area (Å²) in [6, 6.07) is 0. The van der Waals surface area contributed by atoms with Gasteiger partial charge in [-0.25, -0.2) is 4.79 Å². The second-order valence-corrected chi connectivity index (χ2v) is 4.02. The first-order valence-electron chi connectivity index (χ1n) is 5.08. The number of carbonyl (C=O) groups excluding carboxylic acids is 1. The van der Waals surface area contributed by atoms with E-state index in [1.807, 2.05) is 0 Å². The molecule has 1 heterocycles. The average Bonchev–Trinajstić information content (AvgIpc) is 2.15. The van der Waals surface area contributed by atoms with Crippen LogP contribution in [0.25, 0.3) is 0 Å². The van der Waals surface area contributed by atoms with E-state index in [-0.39, 0.29) is 12.2 Å². The van der Waals surface area contributed by atoms with Crippen LogP contribution in [0, 0.1) is 5.41 Å². The maximum absolute atomic E-state index is 11.0. The van der Waals surface area contributed by atoms with Crippen LogP contribution in [0.2, 0.25) is 0 Å². The van der Waals surface area contributed by atoms with Gasteiger partial charge in [0.2, 0.25) is 0 Å². The molecule has 1 rings (SSSR count). The number of carbonyl (C=O) groups is 1. The largest absolute Gasteiger partial charge is 0.435 e. The Morgan fingerprint density at radius 1 is 1.53 bits per heavy atom. The minimum absolute atomic E-state index is 0.00650. The number of hydrogen-bond donors (Lipinski definition) is 0. The first kappa shape index (κ1) is 12.2. The summed E-state index contributed by atoms with van der Waals surface area (Å²) < 4.78 is 15.2. The van der Waals surface area contributed by atoms with Crippen molar-refractivity contribution in [3.63, 3.8) is 0 Å². The maximum atomic E-state index is 11.0. The lowest BCUT2D eigenvalue weighted by molar-refractivity contribution is -0.179. The maximum Gasteiger partial charge on any atom is 0.335 e. The van der Waals surface area contributed by atoms with Crippen molar-refractivity contribution < 1.29 is 19.0 Å². The van der Waals surface area contributed by atoms with Crippen LogP contribution in [0.4, 0.5) is 0 Å². The summed E-state index contributed by atoms with van der Waals surface area (Å²) >= 11 is 0. The molecule has 0 saturated carbocycles. The monoisotopic (exact) mass is 214 g/mol. The molecule has 0 spiro atoms. The SMILES string of the molecule is C=C(C)C(=O)OCOCC1(CC)COC1. The lowest BCUT2D eigenvalue weighted by atomic mass is 9.84. The van der Waals surface area contributed by atoms with E-state index in [9.17, 15) is 4.79 Å². The highest BCUT2D eigenvalue weighted by molar-refractivity contribution is 5.86. The number of rotatable bonds is 6. The fourth-order valence-electron chi connectivity index (χ4n) is 1.26.